The summed E-state index contributed by atoms with van der Waals surface area (Å²) in [6.07, 6.45) is 0. The molecular weight excluding hydrogens is 542 g/mol. The second-order valence-electron chi connectivity index (χ2n) is 5.89. The summed E-state index contributed by atoms with van der Waals surface area (Å²) in [5.74, 6) is 0. The quantitative estimate of drug-likeness (QED) is 0.254. The lowest BCUT2D eigenvalue weighted by Crippen LogP contribution is -2.40. The van der Waals surface area contributed by atoms with E-state index in [1.54, 1.807) is 48.5 Å². The van der Waals surface area contributed by atoms with E-state index < -0.39 is 10.5 Å². The smallest absolute Gasteiger partial charge is 0.252 e. The molecular formula is C18H21Br2Cl3N2O2. The van der Waals surface area contributed by atoms with Crippen LogP contribution in [-0.4, -0.2) is 16.0 Å². The molecule has 4 nitrogen and oxygen atoms in total. The highest BCUT2D eigenvalue weighted by molar-refractivity contribution is 9.10. The first-order valence-corrected chi connectivity index (χ1v) is 9.74. The highest BCUT2D eigenvalue weighted by atomic mass is 79.9. The Morgan fingerprint density at radius 2 is 1.26 bits per heavy atom. The van der Waals surface area contributed by atoms with Crippen molar-refractivity contribution in [1.29, 1.82) is 0 Å². The van der Waals surface area contributed by atoms with Gasteiger partial charge in [0.1, 0.15) is 0 Å². The Morgan fingerprint density at radius 1 is 0.852 bits per heavy atom. The van der Waals surface area contributed by atoms with Crippen LogP contribution in [0.5, 0.6) is 0 Å². The molecule has 0 bridgehead atoms. The molecule has 0 aliphatic carbocycles. The van der Waals surface area contributed by atoms with Gasteiger partial charge in [0.25, 0.3) is 10.5 Å². The van der Waals surface area contributed by atoms with E-state index in [9.17, 15) is 9.59 Å². The van der Waals surface area contributed by atoms with Crippen molar-refractivity contribution in [2.75, 3.05) is 0 Å². The zero-order chi connectivity index (χ0) is 20.2. The van der Waals surface area contributed by atoms with Gasteiger partial charge in [0, 0.05) is 37.3 Å². The van der Waals surface area contributed by atoms with E-state index in [2.05, 4.69) is 62.7 Å². The van der Waals surface area contributed by atoms with Crippen LogP contribution in [0, 0.1) is 0 Å². The van der Waals surface area contributed by atoms with Crippen molar-refractivity contribution in [2.24, 2.45) is 0 Å². The topological polar surface area (TPSA) is 58.2 Å². The van der Waals surface area contributed by atoms with Crippen molar-refractivity contribution < 1.29 is 9.59 Å². The monoisotopic (exact) mass is 560 g/mol. The summed E-state index contributed by atoms with van der Waals surface area (Å²) in [7, 11) is 0. The number of halogens is 5. The average molecular weight is 564 g/mol. The Hall–Kier alpha value is -0.470. The molecule has 2 aromatic carbocycles. The van der Waals surface area contributed by atoms with Crippen molar-refractivity contribution >= 4 is 78.2 Å². The lowest BCUT2D eigenvalue weighted by Gasteiger charge is -2.17. The third-order valence-corrected chi connectivity index (χ3v) is 3.66. The summed E-state index contributed by atoms with van der Waals surface area (Å²) in [4.78, 5) is 20.9. The fourth-order valence-corrected chi connectivity index (χ4v) is 2.40. The Kier molecular flexibility index (Phi) is 16.4. The maximum Gasteiger partial charge on any atom is 0.252 e. The first kappa shape index (κ1) is 28.7. The number of hydrazine groups is 1. The summed E-state index contributed by atoms with van der Waals surface area (Å²) < 4.78 is 3.61. The maximum atomic E-state index is 10.5. The molecule has 2 aromatic rings. The van der Waals surface area contributed by atoms with Gasteiger partial charge >= 0.3 is 0 Å². The summed E-state index contributed by atoms with van der Waals surface area (Å²) in [5, 5.41) is -0.830. The third-order valence-electron chi connectivity index (χ3n) is 2.49. The van der Waals surface area contributed by atoms with Crippen molar-refractivity contribution in [3.8, 4) is 0 Å². The highest BCUT2D eigenvalue weighted by Gasteiger charge is 2.05. The maximum absolute atomic E-state index is 10.5. The predicted octanol–water partition coefficient (Wildman–Crippen LogP) is 6.50. The normalized spacial score (nSPS) is 9.59. The molecule has 0 heterocycles. The number of hydrogen-bond acceptors (Lipinski definition) is 4. The molecule has 0 aromatic heterocycles. The van der Waals surface area contributed by atoms with Crippen LogP contribution in [0.2, 0.25) is 0 Å². The molecule has 0 saturated heterocycles. The van der Waals surface area contributed by atoms with Crippen molar-refractivity contribution in [3.63, 3.8) is 0 Å². The van der Waals surface area contributed by atoms with Gasteiger partial charge in [-0.2, -0.15) is 4.45 Å². The molecule has 150 valence electrons. The second-order valence-corrected chi connectivity index (χ2v) is 7.89. The van der Waals surface area contributed by atoms with Crippen LogP contribution < -0.4 is 9.88 Å². The summed E-state index contributed by atoms with van der Waals surface area (Å²) in [5.41, 5.74) is 4.15. The van der Waals surface area contributed by atoms with Gasteiger partial charge in [-0.3, -0.25) is 9.59 Å². The van der Waals surface area contributed by atoms with E-state index in [-0.39, 0.29) is 17.9 Å². The van der Waals surface area contributed by atoms with E-state index in [1.807, 2.05) is 6.07 Å². The average Bonchev–Trinajstić information content (AvgIpc) is 2.56. The van der Waals surface area contributed by atoms with Gasteiger partial charge in [-0.1, -0.05) is 46.3 Å². The molecule has 0 unspecified atom stereocenters. The van der Waals surface area contributed by atoms with Crippen molar-refractivity contribution in [2.45, 2.75) is 26.3 Å². The second kappa shape index (κ2) is 15.5. The number of carbonyl (C=O) groups is 2. The van der Waals surface area contributed by atoms with Crippen molar-refractivity contribution in [3.05, 3.63) is 70.2 Å². The molecule has 27 heavy (non-hydrogen) atoms. The number of rotatable bonds is 3. The molecule has 0 saturated carbocycles. The zero-order valence-electron chi connectivity index (χ0n) is 14.9. The largest absolute Gasteiger partial charge is 0.276 e. The molecule has 2 rings (SSSR count). The van der Waals surface area contributed by atoms with Gasteiger partial charge in [-0.15, -0.1) is 12.4 Å². The molecule has 0 aliphatic heterocycles. The minimum atomic E-state index is -0.424. The van der Waals surface area contributed by atoms with Crippen LogP contribution in [0.25, 0.3) is 0 Å². The summed E-state index contributed by atoms with van der Waals surface area (Å²) >= 11 is 16.6. The molecule has 0 amide bonds. The molecule has 0 aliphatic rings. The Bertz CT molecular complexity index is 679. The SMILES string of the molecule is CC(C)(C)NNBr.Cl.O=C(Cl)c1ccc(Br)cc1.O=C(Cl)c1ccccc1. The minimum Gasteiger partial charge on any atom is -0.276 e. The number of carbonyl (C=O) groups excluding carboxylic acids is 2. The van der Waals surface area contributed by atoms with Crippen LogP contribution in [0.1, 0.15) is 41.5 Å². The van der Waals surface area contributed by atoms with E-state index in [0.29, 0.717) is 11.1 Å². The molecule has 0 atom stereocenters. The van der Waals surface area contributed by atoms with Gasteiger partial charge < -0.3 is 0 Å². The molecule has 0 radical (unpaired) electrons. The fraction of sp³-hybridized carbons (Fsp3) is 0.222. The summed E-state index contributed by atoms with van der Waals surface area (Å²) in [6.45, 7) is 6.21. The first-order chi connectivity index (χ1) is 12.1. The number of hydrogen-bond donors (Lipinski definition) is 2. The minimum absolute atomic E-state index is 0. The van der Waals surface area contributed by atoms with Crippen LogP contribution in [0.3, 0.4) is 0 Å². The Labute approximate surface area is 193 Å². The van der Waals surface area contributed by atoms with Crippen LogP contribution in [0.15, 0.2) is 59.1 Å². The molecule has 9 heteroatoms. The Morgan fingerprint density at radius 3 is 1.52 bits per heavy atom. The van der Waals surface area contributed by atoms with Gasteiger partial charge in [0.15, 0.2) is 0 Å². The third kappa shape index (κ3) is 16.2. The van der Waals surface area contributed by atoms with Gasteiger partial charge in [-0.25, -0.2) is 5.43 Å². The van der Waals surface area contributed by atoms with Crippen LogP contribution in [0.4, 0.5) is 0 Å². The van der Waals surface area contributed by atoms with Crippen LogP contribution >= 0.6 is 67.7 Å². The Balaban J connectivity index is 0. The fourth-order valence-electron chi connectivity index (χ4n) is 1.29. The van der Waals surface area contributed by atoms with Crippen molar-refractivity contribution in [1.82, 2.24) is 9.88 Å². The van der Waals surface area contributed by atoms with E-state index in [4.69, 9.17) is 23.2 Å². The molecule has 0 spiro atoms. The lowest BCUT2D eigenvalue weighted by molar-refractivity contribution is 0.107. The lowest BCUT2D eigenvalue weighted by atomic mass is 10.1. The van der Waals surface area contributed by atoms with E-state index >= 15 is 0 Å². The predicted molar refractivity (Wildman–Crippen MR) is 123 cm³/mol. The first-order valence-electron chi connectivity index (χ1n) is 7.40. The summed E-state index contributed by atoms with van der Waals surface area (Å²) in [6, 6.07) is 15.6. The van der Waals surface area contributed by atoms with E-state index in [0.717, 1.165) is 4.47 Å². The standard InChI is InChI=1S/C7H4BrClO.C7H5ClO.C4H11BrN2.ClH/c8-6-3-1-5(2-4-6)7(9)10;8-7(9)6-4-2-1-3-5-6;1-4(2,3)6-7-5;/h1-4H;1-5H;6-7H,1-3H3;1H. The van der Waals surface area contributed by atoms with E-state index in [1.165, 1.54) is 0 Å². The van der Waals surface area contributed by atoms with Gasteiger partial charge in [0.05, 0.1) is 0 Å². The zero-order valence-corrected chi connectivity index (χ0v) is 20.4. The molecule has 0 fully saturated rings. The van der Waals surface area contributed by atoms with Gasteiger partial charge in [-0.05, 0) is 68.2 Å². The van der Waals surface area contributed by atoms with Gasteiger partial charge in [0.2, 0.25) is 0 Å². The highest BCUT2D eigenvalue weighted by Crippen LogP contribution is 2.11. The number of benzene rings is 2. The molecule has 2 N–H and O–H groups in total. The van der Waals surface area contributed by atoms with Crippen LogP contribution in [-0.2, 0) is 0 Å². The number of nitrogens with one attached hydrogen (secondary N) is 2.